The van der Waals surface area contributed by atoms with E-state index in [9.17, 15) is 18.0 Å². The van der Waals surface area contributed by atoms with Crippen molar-refractivity contribution in [3.05, 3.63) is 41.6 Å². The minimum absolute atomic E-state index is 0.112. The third kappa shape index (κ3) is 3.99. The Hall–Kier alpha value is -2.39. The van der Waals surface area contributed by atoms with Crippen molar-refractivity contribution in [1.82, 2.24) is 9.78 Å². The van der Waals surface area contributed by atoms with Crippen molar-refractivity contribution in [2.45, 2.75) is 18.8 Å². The molecule has 0 spiro atoms. The molecule has 1 fully saturated rings. The fourth-order valence-corrected chi connectivity index (χ4v) is 2.59. The molecule has 1 N–H and O–H groups in total. The highest BCUT2D eigenvalue weighted by Crippen LogP contribution is 2.37. The number of aromatic nitrogens is 2. The largest absolute Gasteiger partial charge is 0.478 e. The van der Waals surface area contributed by atoms with Gasteiger partial charge >= 0.3 is 12.1 Å². The van der Waals surface area contributed by atoms with Gasteiger partial charge in [-0.05, 0) is 18.2 Å². The summed E-state index contributed by atoms with van der Waals surface area (Å²) in [6, 6.07) is 4.33. The van der Waals surface area contributed by atoms with Gasteiger partial charge in [0.15, 0.2) is 0 Å². The maximum Gasteiger partial charge on any atom is 0.417 e. The Morgan fingerprint density at radius 2 is 2.12 bits per heavy atom. The lowest BCUT2D eigenvalue weighted by Gasteiger charge is -2.22. The number of carbonyl (C=O) groups is 1. The third-order valence-electron chi connectivity index (χ3n) is 3.76. The van der Waals surface area contributed by atoms with Gasteiger partial charge in [0.25, 0.3) is 0 Å². The van der Waals surface area contributed by atoms with Crippen LogP contribution in [0.15, 0.2) is 30.5 Å². The number of halogens is 3. The van der Waals surface area contributed by atoms with Crippen molar-refractivity contribution in [1.29, 1.82) is 0 Å². The predicted molar refractivity (Wildman–Crippen MR) is 80.2 cm³/mol. The van der Waals surface area contributed by atoms with Crippen molar-refractivity contribution in [3.8, 4) is 11.3 Å². The molecule has 1 atom stereocenters. The molecule has 0 saturated carbocycles. The number of carboxylic acid groups (broad SMARTS) is 1. The average Bonchev–Trinajstić information content (AvgIpc) is 3.02. The number of hydrogen-bond donors (Lipinski definition) is 1. The first-order valence-electron chi connectivity index (χ1n) is 7.52. The molecule has 1 aromatic heterocycles. The molecule has 9 heteroatoms. The van der Waals surface area contributed by atoms with Crippen molar-refractivity contribution in [2.24, 2.45) is 0 Å². The van der Waals surface area contributed by atoms with E-state index in [4.69, 9.17) is 14.6 Å². The molecule has 1 aliphatic rings. The highest BCUT2D eigenvalue weighted by atomic mass is 19.4. The van der Waals surface area contributed by atoms with E-state index in [2.05, 4.69) is 5.10 Å². The molecule has 0 radical (unpaired) electrons. The molecule has 1 aromatic carbocycles. The Labute approximate surface area is 140 Å². The molecule has 134 valence electrons. The molecule has 0 amide bonds. The van der Waals surface area contributed by atoms with Crippen LogP contribution >= 0.6 is 0 Å². The SMILES string of the molecule is O=C(O)c1ccc(-c2ccn(C[C@H]3COCCO3)n2)c(C(F)(F)F)c1. The number of carboxylic acids is 1. The van der Waals surface area contributed by atoms with E-state index in [-0.39, 0.29) is 17.4 Å². The maximum atomic E-state index is 13.3. The lowest BCUT2D eigenvalue weighted by molar-refractivity contribution is -0.137. The molecular formula is C16H15F3N2O4. The summed E-state index contributed by atoms with van der Waals surface area (Å²) in [5.74, 6) is -1.42. The van der Waals surface area contributed by atoms with Gasteiger partial charge in [-0.25, -0.2) is 4.79 Å². The van der Waals surface area contributed by atoms with E-state index in [1.165, 1.54) is 10.7 Å². The second-order valence-electron chi connectivity index (χ2n) is 5.55. The molecule has 0 bridgehead atoms. The predicted octanol–water partition coefficient (Wildman–Crippen LogP) is 2.68. The molecule has 3 rings (SSSR count). The summed E-state index contributed by atoms with van der Waals surface area (Å²) in [4.78, 5) is 10.9. The molecular weight excluding hydrogens is 341 g/mol. The van der Waals surface area contributed by atoms with Crippen LogP contribution in [-0.2, 0) is 22.2 Å². The number of rotatable bonds is 4. The summed E-state index contributed by atoms with van der Waals surface area (Å²) < 4.78 is 52.1. The van der Waals surface area contributed by atoms with Crippen LogP contribution in [0.25, 0.3) is 11.3 Å². The first-order valence-corrected chi connectivity index (χ1v) is 7.52. The lowest BCUT2D eigenvalue weighted by atomic mass is 10.0. The van der Waals surface area contributed by atoms with Crippen LogP contribution in [0.5, 0.6) is 0 Å². The Morgan fingerprint density at radius 1 is 1.32 bits per heavy atom. The standard InChI is InChI=1S/C16H15F3N2O4/c17-16(18,19)13-7-10(15(22)23)1-2-12(13)14-3-4-21(20-14)8-11-9-24-5-6-25-11/h1-4,7,11H,5-6,8-9H2,(H,22,23)/t11-/m0/s1. The molecule has 1 saturated heterocycles. The molecule has 2 aromatic rings. The van der Waals surface area contributed by atoms with Gasteiger partial charge in [-0.15, -0.1) is 0 Å². The van der Waals surface area contributed by atoms with Crippen LogP contribution in [0.2, 0.25) is 0 Å². The van der Waals surface area contributed by atoms with Gasteiger partial charge < -0.3 is 14.6 Å². The normalized spacial score (nSPS) is 18.3. The first kappa shape index (κ1) is 17.4. The molecule has 2 heterocycles. The van der Waals surface area contributed by atoms with Crippen molar-refractivity contribution < 1.29 is 32.5 Å². The fraction of sp³-hybridized carbons (Fsp3) is 0.375. The van der Waals surface area contributed by atoms with E-state index in [0.717, 1.165) is 12.1 Å². The molecule has 1 aliphatic heterocycles. The fourth-order valence-electron chi connectivity index (χ4n) is 2.59. The third-order valence-corrected chi connectivity index (χ3v) is 3.76. The number of benzene rings is 1. The molecule has 0 aliphatic carbocycles. The van der Waals surface area contributed by atoms with E-state index < -0.39 is 23.3 Å². The summed E-state index contributed by atoms with van der Waals surface area (Å²) in [5, 5.41) is 13.1. The van der Waals surface area contributed by atoms with Gasteiger partial charge in [0.2, 0.25) is 0 Å². The second-order valence-corrected chi connectivity index (χ2v) is 5.55. The van der Waals surface area contributed by atoms with Crippen molar-refractivity contribution in [2.75, 3.05) is 19.8 Å². The van der Waals surface area contributed by atoms with Gasteiger partial charge in [0, 0.05) is 11.8 Å². The minimum atomic E-state index is -4.69. The highest BCUT2D eigenvalue weighted by Gasteiger charge is 2.35. The van der Waals surface area contributed by atoms with Gasteiger partial charge in [-0.1, -0.05) is 6.07 Å². The van der Waals surface area contributed by atoms with Crippen molar-refractivity contribution in [3.63, 3.8) is 0 Å². The topological polar surface area (TPSA) is 73.6 Å². The Morgan fingerprint density at radius 3 is 2.76 bits per heavy atom. The zero-order chi connectivity index (χ0) is 18.0. The highest BCUT2D eigenvalue weighted by molar-refractivity contribution is 5.89. The number of ether oxygens (including phenoxy) is 2. The summed E-state index contributed by atoms with van der Waals surface area (Å²) in [6.07, 6.45) is -3.35. The maximum absolute atomic E-state index is 13.3. The zero-order valence-electron chi connectivity index (χ0n) is 13.0. The smallest absolute Gasteiger partial charge is 0.417 e. The quantitative estimate of drug-likeness (QED) is 0.912. The van der Waals surface area contributed by atoms with Gasteiger partial charge in [-0.2, -0.15) is 18.3 Å². The monoisotopic (exact) mass is 356 g/mol. The van der Waals surface area contributed by atoms with E-state index in [0.29, 0.717) is 32.4 Å². The molecule has 0 unspecified atom stereocenters. The van der Waals surface area contributed by atoms with Crippen LogP contribution in [0, 0.1) is 0 Å². The average molecular weight is 356 g/mol. The minimum Gasteiger partial charge on any atom is -0.478 e. The van der Waals surface area contributed by atoms with Crippen LogP contribution in [-0.4, -0.2) is 46.8 Å². The van der Waals surface area contributed by atoms with E-state index in [1.807, 2.05) is 0 Å². The van der Waals surface area contributed by atoms with Gasteiger partial charge in [-0.3, -0.25) is 4.68 Å². The number of alkyl halides is 3. The van der Waals surface area contributed by atoms with Crippen LogP contribution in [0.4, 0.5) is 13.2 Å². The number of hydrogen-bond acceptors (Lipinski definition) is 4. The lowest BCUT2D eigenvalue weighted by Crippen LogP contribution is -2.32. The molecule has 6 nitrogen and oxygen atoms in total. The van der Waals surface area contributed by atoms with Crippen LogP contribution < -0.4 is 0 Å². The summed E-state index contributed by atoms with van der Waals surface area (Å²) >= 11 is 0. The van der Waals surface area contributed by atoms with Crippen molar-refractivity contribution >= 4 is 5.97 Å². The Balaban J connectivity index is 1.89. The zero-order valence-corrected chi connectivity index (χ0v) is 13.0. The van der Waals surface area contributed by atoms with Crippen LogP contribution in [0.3, 0.4) is 0 Å². The summed E-state index contributed by atoms with van der Waals surface area (Å²) in [5.41, 5.74) is -1.52. The Kier molecular flexibility index (Phi) is 4.78. The first-order chi connectivity index (χ1) is 11.8. The van der Waals surface area contributed by atoms with E-state index in [1.54, 1.807) is 6.20 Å². The van der Waals surface area contributed by atoms with Gasteiger partial charge in [0.1, 0.15) is 6.10 Å². The second kappa shape index (κ2) is 6.85. The summed E-state index contributed by atoms with van der Waals surface area (Å²) in [7, 11) is 0. The molecule has 25 heavy (non-hydrogen) atoms. The van der Waals surface area contributed by atoms with E-state index >= 15 is 0 Å². The number of nitrogens with zero attached hydrogens (tertiary/aromatic N) is 2. The van der Waals surface area contributed by atoms with Gasteiger partial charge in [0.05, 0.1) is 43.2 Å². The van der Waals surface area contributed by atoms with Crippen LogP contribution in [0.1, 0.15) is 15.9 Å². The number of aromatic carboxylic acids is 1. The Bertz CT molecular complexity index is 767. The summed E-state index contributed by atoms with van der Waals surface area (Å²) in [6.45, 7) is 1.74.